The lowest BCUT2D eigenvalue weighted by Gasteiger charge is -2.16. The number of aliphatic hydroxyl groups excluding tert-OH is 2. The number of benzene rings is 1. The Hall–Kier alpha value is -3.28. The number of hydrogen-bond donors (Lipinski definition) is 2. The predicted octanol–water partition coefficient (Wildman–Crippen LogP) is 0.0763. The van der Waals surface area contributed by atoms with Gasteiger partial charge >= 0.3 is 5.97 Å². The van der Waals surface area contributed by atoms with Crippen molar-refractivity contribution in [2.24, 2.45) is 0 Å². The second-order valence-corrected chi connectivity index (χ2v) is 6.54. The lowest BCUT2D eigenvalue weighted by atomic mass is 10.1. The number of aliphatic hydroxyl groups is 2. The Morgan fingerprint density at radius 2 is 1.97 bits per heavy atom. The summed E-state index contributed by atoms with van der Waals surface area (Å²) in [6.45, 7) is -0.543. The van der Waals surface area contributed by atoms with Gasteiger partial charge in [-0.05, 0) is 12.1 Å². The molecule has 4 rings (SSSR count). The number of aromatic nitrogens is 4. The summed E-state index contributed by atoms with van der Waals surface area (Å²) in [5.74, 6) is 0.181. The van der Waals surface area contributed by atoms with E-state index in [1.54, 1.807) is 24.3 Å². The maximum atomic E-state index is 11.9. The third-order valence-corrected chi connectivity index (χ3v) is 4.64. The Kier molecular flexibility index (Phi) is 5.74. The number of fused-ring (bicyclic) bond motifs is 1. The molecule has 2 aromatic heterocycles. The SMILES string of the molecule is COc1ncnc2c1ncn2[C@@H]1O[C@H](COC(=O)COc2ccccc2)[C@@H](O)[C@@H]1O. The van der Waals surface area contributed by atoms with Gasteiger partial charge in [0.2, 0.25) is 5.88 Å². The molecule has 0 saturated carbocycles. The number of para-hydroxylation sites is 1. The third kappa shape index (κ3) is 3.90. The minimum absolute atomic E-state index is 0.253. The quantitative estimate of drug-likeness (QED) is 0.509. The van der Waals surface area contributed by atoms with Crippen molar-refractivity contribution in [2.45, 2.75) is 24.5 Å². The van der Waals surface area contributed by atoms with Gasteiger partial charge in [0, 0.05) is 0 Å². The predicted molar refractivity (Wildman–Crippen MR) is 101 cm³/mol. The van der Waals surface area contributed by atoms with Crippen molar-refractivity contribution in [1.82, 2.24) is 19.5 Å². The molecule has 1 fully saturated rings. The summed E-state index contributed by atoms with van der Waals surface area (Å²) in [6, 6.07) is 8.83. The normalized spacial score (nSPS) is 23.4. The zero-order chi connectivity index (χ0) is 21.1. The van der Waals surface area contributed by atoms with E-state index in [2.05, 4.69) is 15.0 Å². The highest BCUT2D eigenvalue weighted by molar-refractivity contribution is 5.76. The highest BCUT2D eigenvalue weighted by Gasteiger charge is 2.45. The molecule has 0 radical (unpaired) electrons. The lowest BCUT2D eigenvalue weighted by Crippen LogP contribution is -2.34. The molecule has 0 unspecified atom stereocenters. The summed E-state index contributed by atoms with van der Waals surface area (Å²) in [5.41, 5.74) is 0.755. The lowest BCUT2D eigenvalue weighted by molar-refractivity contribution is -0.152. The first-order chi connectivity index (χ1) is 14.6. The van der Waals surface area contributed by atoms with Gasteiger partial charge in [-0.25, -0.2) is 14.8 Å². The van der Waals surface area contributed by atoms with Crippen LogP contribution in [-0.2, 0) is 14.3 Å². The van der Waals surface area contributed by atoms with E-state index in [-0.39, 0.29) is 19.1 Å². The minimum Gasteiger partial charge on any atom is -0.482 e. The van der Waals surface area contributed by atoms with Crippen molar-refractivity contribution < 1.29 is 34.0 Å². The van der Waals surface area contributed by atoms with Gasteiger partial charge in [-0.3, -0.25) is 4.57 Å². The van der Waals surface area contributed by atoms with Crippen molar-refractivity contribution in [3.8, 4) is 11.6 Å². The van der Waals surface area contributed by atoms with Crippen molar-refractivity contribution in [3.63, 3.8) is 0 Å². The van der Waals surface area contributed by atoms with E-state index in [1.165, 1.54) is 24.3 Å². The fourth-order valence-electron chi connectivity index (χ4n) is 3.14. The van der Waals surface area contributed by atoms with Gasteiger partial charge in [0.15, 0.2) is 24.0 Å². The van der Waals surface area contributed by atoms with E-state index in [4.69, 9.17) is 18.9 Å². The summed E-state index contributed by atoms with van der Waals surface area (Å²) in [6.07, 6.45) is -1.78. The fraction of sp³-hybridized carbons (Fsp3) is 0.368. The average Bonchev–Trinajstić information content (AvgIpc) is 3.32. The van der Waals surface area contributed by atoms with E-state index in [1.807, 2.05) is 6.07 Å². The molecule has 11 nitrogen and oxygen atoms in total. The molecule has 1 saturated heterocycles. The maximum absolute atomic E-state index is 11.9. The summed E-state index contributed by atoms with van der Waals surface area (Å²) < 4.78 is 22.8. The summed E-state index contributed by atoms with van der Waals surface area (Å²) in [4.78, 5) is 24.2. The van der Waals surface area contributed by atoms with Crippen molar-refractivity contribution in [2.75, 3.05) is 20.3 Å². The molecule has 3 aromatic rings. The van der Waals surface area contributed by atoms with Crippen LogP contribution in [0.15, 0.2) is 43.0 Å². The van der Waals surface area contributed by atoms with Gasteiger partial charge in [0.25, 0.3) is 0 Å². The van der Waals surface area contributed by atoms with Crippen LogP contribution in [0.1, 0.15) is 6.23 Å². The molecule has 30 heavy (non-hydrogen) atoms. The molecule has 11 heteroatoms. The van der Waals surface area contributed by atoms with Crippen molar-refractivity contribution >= 4 is 17.1 Å². The van der Waals surface area contributed by atoms with Crippen molar-refractivity contribution in [1.29, 1.82) is 0 Å². The maximum Gasteiger partial charge on any atom is 0.344 e. The summed E-state index contributed by atoms with van der Waals surface area (Å²) in [7, 11) is 1.46. The first-order valence-electron chi connectivity index (χ1n) is 9.15. The molecular weight excluding hydrogens is 396 g/mol. The minimum atomic E-state index is -1.28. The zero-order valence-corrected chi connectivity index (χ0v) is 16.0. The molecule has 0 spiro atoms. The Labute approximate surface area is 170 Å². The highest BCUT2D eigenvalue weighted by Crippen LogP contribution is 2.32. The number of carbonyl (C=O) groups is 1. The summed E-state index contributed by atoms with van der Waals surface area (Å²) >= 11 is 0. The number of ether oxygens (including phenoxy) is 4. The topological polar surface area (TPSA) is 138 Å². The molecule has 0 aliphatic carbocycles. The Morgan fingerprint density at radius 1 is 1.17 bits per heavy atom. The van der Waals surface area contributed by atoms with Crippen LogP contribution >= 0.6 is 0 Å². The average molecular weight is 416 g/mol. The standard InChI is InChI=1S/C19H20N4O7/c1-27-18-14-17(20-9-21-18)23(10-22-14)19-16(26)15(25)12(30-19)7-29-13(24)8-28-11-5-3-2-4-6-11/h2-6,9-10,12,15-16,19,25-26H,7-8H2,1H3/t12-,15-,16+,19-/m1/s1. The smallest absolute Gasteiger partial charge is 0.344 e. The van der Waals surface area contributed by atoms with Gasteiger partial charge < -0.3 is 29.2 Å². The Bertz CT molecular complexity index is 1010. The first kappa shape index (κ1) is 20.0. The second-order valence-electron chi connectivity index (χ2n) is 6.54. The van der Waals surface area contributed by atoms with Gasteiger partial charge in [0.1, 0.15) is 37.0 Å². The molecule has 3 heterocycles. The van der Waals surface area contributed by atoms with Crippen LogP contribution in [0.2, 0.25) is 0 Å². The van der Waals surface area contributed by atoms with Crippen LogP contribution < -0.4 is 9.47 Å². The number of rotatable bonds is 7. The third-order valence-electron chi connectivity index (χ3n) is 4.64. The van der Waals surface area contributed by atoms with E-state index in [9.17, 15) is 15.0 Å². The number of esters is 1. The van der Waals surface area contributed by atoms with Crippen LogP contribution in [-0.4, -0.2) is 74.3 Å². The largest absolute Gasteiger partial charge is 0.482 e. The molecule has 1 aliphatic rings. The van der Waals surface area contributed by atoms with E-state index in [0.29, 0.717) is 16.9 Å². The molecule has 1 aliphatic heterocycles. The van der Waals surface area contributed by atoms with Gasteiger partial charge in [0.05, 0.1) is 13.4 Å². The monoisotopic (exact) mass is 416 g/mol. The van der Waals surface area contributed by atoms with E-state index < -0.39 is 30.5 Å². The van der Waals surface area contributed by atoms with Gasteiger partial charge in [-0.15, -0.1) is 0 Å². The van der Waals surface area contributed by atoms with Gasteiger partial charge in [-0.2, -0.15) is 4.98 Å². The molecule has 0 amide bonds. The van der Waals surface area contributed by atoms with Crippen LogP contribution in [0.25, 0.3) is 11.2 Å². The number of nitrogens with zero attached hydrogens (tertiary/aromatic N) is 4. The molecular formula is C19H20N4O7. The molecule has 4 atom stereocenters. The number of hydrogen-bond acceptors (Lipinski definition) is 10. The summed E-state index contributed by atoms with van der Waals surface area (Å²) in [5, 5.41) is 20.8. The van der Waals surface area contributed by atoms with E-state index >= 15 is 0 Å². The molecule has 158 valence electrons. The Balaban J connectivity index is 1.38. The first-order valence-corrected chi connectivity index (χ1v) is 9.15. The van der Waals surface area contributed by atoms with Gasteiger partial charge in [-0.1, -0.05) is 18.2 Å². The molecule has 2 N–H and O–H groups in total. The molecule has 0 bridgehead atoms. The molecule has 1 aromatic carbocycles. The number of carbonyl (C=O) groups excluding carboxylic acids is 1. The Morgan fingerprint density at radius 3 is 2.73 bits per heavy atom. The van der Waals surface area contributed by atoms with Crippen LogP contribution in [0.3, 0.4) is 0 Å². The zero-order valence-electron chi connectivity index (χ0n) is 16.0. The fourth-order valence-corrected chi connectivity index (χ4v) is 3.14. The number of imidazole rings is 1. The van der Waals surface area contributed by atoms with Crippen LogP contribution in [0, 0.1) is 0 Å². The van der Waals surface area contributed by atoms with Crippen molar-refractivity contribution in [3.05, 3.63) is 43.0 Å². The van der Waals surface area contributed by atoms with Crippen LogP contribution in [0.5, 0.6) is 11.6 Å². The van der Waals surface area contributed by atoms with Crippen LogP contribution in [0.4, 0.5) is 0 Å². The highest BCUT2D eigenvalue weighted by atomic mass is 16.6. The van der Waals surface area contributed by atoms with E-state index in [0.717, 1.165) is 0 Å². The number of methoxy groups -OCH3 is 1. The second kappa shape index (κ2) is 8.61.